The van der Waals surface area contributed by atoms with E-state index < -0.39 is 22.9 Å². The number of hydrogen-bond donors (Lipinski definition) is 2. The van der Waals surface area contributed by atoms with Gasteiger partial charge in [0.05, 0.1) is 4.92 Å². The second kappa shape index (κ2) is 14.1. The average Bonchev–Trinajstić information content (AvgIpc) is 3.55. The van der Waals surface area contributed by atoms with E-state index in [2.05, 4.69) is 15.6 Å². The van der Waals surface area contributed by atoms with Crippen molar-refractivity contribution >= 4 is 39.9 Å². The van der Waals surface area contributed by atoms with Crippen LogP contribution in [0, 0.1) is 21.6 Å². The largest absolute Gasteiger partial charge is 0.342 e. The lowest BCUT2D eigenvalue weighted by Crippen LogP contribution is -2.55. The molecule has 1 fully saturated rings. The number of amides is 2. The van der Waals surface area contributed by atoms with Crippen LogP contribution in [-0.4, -0.2) is 58.2 Å². The van der Waals surface area contributed by atoms with Gasteiger partial charge in [-0.05, 0) is 40.8 Å². The molecule has 2 N–H and O–H groups in total. The highest BCUT2D eigenvalue weighted by molar-refractivity contribution is 5.94. The summed E-state index contributed by atoms with van der Waals surface area (Å²) >= 11 is 0. The number of nitro benzene ring substituents is 1. The Morgan fingerprint density at radius 2 is 1.73 bits per heavy atom. The summed E-state index contributed by atoms with van der Waals surface area (Å²) in [5.41, 5.74) is 1.69. The molecule has 0 bridgehead atoms. The maximum atomic E-state index is 13.9. The van der Waals surface area contributed by atoms with Gasteiger partial charge in [0.25, 0.3) is 5.69 Å². The van der Waals surface area contributed by atoms with Crippen LogP contribution in [0.2, 0.25) is 0 Å². The molecule has 11 heteroatoms. The van der Waals surface area contributed by atoms with Crippen molar-refractivity contribution in [2.24, 2.45) is 4.99 Å². The Labute approximate surface area is 260 Å². The van der Waals surface area contributed by atoms with Crippen molar-refractivity contribution in [2.75, 3.05) is 13.6 Å². The number of nitrogens with one attached hydrogen (secondary N) is 2. The number of likely N-dealkylation sites (tertiary alicyclic amines) is 1. The quantitative estimate of drug-likeness (QED) is 0.0707. The van der Waals surface area contributed by atoms with E-state index in [1.165, 1.54) is 18.2 Å². The summed E-state index contributed by atoms with van der Waals surface area (Å²) in [7, 11) is 1.71. The Balaban J connectivity index is 1.41. The fourth-order valence-corrected chi connectivity index (χ4v) is 5.60. The molecule has 4 aromatic rings. The van der Waals surface area contributed by atoms with Crippen LogP contribution >= 0.6 is 0 Å². The molecule has 1 saturated heterocycles. The number of fused-ring (bicyclic) bond motifs is 1. The van der Waals surface area contributed by atoms with Crippen molar-refractivity contribution in [1.82, 2.24) is 20.4 Å². The molecule has 228 valence electrons. The summed E-state index contributed by atoms with van der Waals surface area (Å²) < 4.78 is 0. The Bertz CT molecular complexity index is 1770. The predicted molar refractivity (Wildman–Crippen MR) is 171 cm³/mol. The second-order valence-electron chi connectivity index (χ2n) is 10.9. The molecule has 2 unspecified atom stereocenters. The number of rotatable bonds is 9. The number of hydrogen-bond acceptors (Lipinski definition) is 6. The number of guanidine groups is 1. The molecule has 0 radical (unpaired) electrons. The number of benzene rings is 4. The van der Waals surface area contributed by atoms with Crippen molar-refractivity contribution in [3.05, 3.63) is 118 Å². The van der Waals surface area contributed by atoms with Gasteiger partial charge in [-0.1, -0.05) is 84.9 Å². The van der Waals surface area contributed by atoms with Crippen molar-refractivity contribution in [2.45, 2.75) is 37.9 Å². The predicted octanol–water partition coefficient (Wildman–Crippen LogP) is 4.66. The molecule has 2 atom stereocenters. The van der Waals surface area contributed by atoms with Gasteiger partial charge in [-0.25, -0.2) is 4.99 Å². The standard InChI is InChI=1S/C34H33N7O4/c1-39(22-24-10-3-2-4-11-24)33(43)29(21-25-17-18-26-12-5-6-13-27(26)20-25)37-32(42)31-16-9-19-40(31)34(36-23-35)38-28-14-7-8-15-30(28)41(44)45/h2-8,10-15,17-18,20,29,31H,9,16,19,21-22H2,1H3,(H,36,38)(H,37,42). The third kappa shape index (κ3) is 7.43. The molecule has 11 nitrogen and oxygen atoms in total. The maximum Gasteiger partial charge on any atom is 0.294 e. The molecule has 0 aromatic heterocycles. The fourth-order valence-electron chi connectivity index (χ4n) is 5.60. The molecule has 2 amide bonds. The van der Waals surface area contributed by atoms with Gasteiger partial charge in [0.2, 0.25) is 17.8 Å². The lowest BCUT2D eigenvalue weighted by molar-refractivity contribution is -0.384. The molecule has 45 heavy (non-hydrogen) atoms. The smallest absolute Gasteiger partial charge is 0.294 e. The molecule has 1 heterocycles. The Morgan fingerprint density at radius 1 is 1.02 bits per heavy atom. The molecular weight excluding hydrogens is 570 g/mol. The highest BCUT2D eigenvalue weighted by Gasteiger charge is 2.36. The number of nitrogens with zero attached hydrogens (tertiary/aromatic N) is 5. The molecule has 4 aromatic carbocycles. The van der Waals surface area contributed by atoms with E-state index in [-0.39, 0.29) is 29.7 Å². The Morgan fingerprint density at radius 3 is 2.49 bits per heavy atom. The van der Waals surface area contributed by atoms with E-state index >= 15 is 0 Å². The third-order valence-corrected chi connectivity index (χ3v) is 7.81. The molecule has 5 rings (SSSR count). The molecule has 0 aliphatic carbocycles. The Hall–Kier alpha value is -5.76. The summed E-state index contributed by atoms with van der Waals surface area (Å²) in [6, 6.07) is 27.9. The summed E-state index contributed by atoms with van der Waals surface area (Å²) in [6.45, 7) is 0.765. The normalized spacial score (nSPS) is 15.2. The van der Waals surface area contributed by atoms with Gasteiger partial charge in [-0.2, -0.15) is 5.26 Å². The van der Waals surface area contributed by atoms with E-state index in [9.17, 15) is 25.0 Å². The molecule has 1 aliphatic heterocycles. The third-order valence-electron chi connectivity index (χ3n) is 7.81. The van der Waals surface area contributed by atoms with E-state index in [1.807, 2.05) is 79.0 Å². The summed E-state index contributed by atoms with van der Waals surface area (Å²) in [6.07, 6.45) is 3.18. The summed E-state index contributed by atoms with van der Waals surface area (Å²) in [4.78, 5) is 46.4. The van der Waals surface area contributed by atoms with Crippen LogP contribution < -0.4 is 10.6 Å². The minimum atomic E-state index is -0.866. The monoisotopic (exact) mass is 603 g/mol. The first kappa shape index (κ1) is 30.7. The maximum absolute atomic E-state index is 13.9. The van der Waals surface area contributed by atoms with Crippen LogP contribution in [0.3, 0.4) is 0 Å². The first-order valence-corrected chi connectivity index (χ1v) is 14.6. The second-order valence-corrected chi connectivity index (χ2v) is 10.9. The first-order valence-electron chi connectivity index (χ1n) is 14.6. The van der Waals surface area contributed by atoms with Gasteiger partial charge in [0, 0.05) is 32.6 Å². The van der Waals surface area contributed by atoms with Gasteiger partial charge in [0.1, 0.15) is 17.8 Å². The topological polar surface area (TPSA) is 144 Å². The number of nitro groups is 1. The molecule has 0 saturated carbocycles. The minimum Gasteiger partial charge on any atom is -0.342 e. The van der Waals surface area contributed by atoms with E-state index in [0.29, 0.717) is 25.9 Å². The van der Waals surface area contributed by atoms with Crippen molar-refractivity contribution < 1.29 is 14.5 Å². The van der Waals surface area contributed by atoms with Gasteiger partial charge >= 0.3 is 0 Å². The highest BCUT2D eigenvalue weighted by Crippen LogP contribution is 2.28. The van der Waals surface area contributed by atoms with Gasteiger partial charge in [-0.15, -0.1) is 0 Å². The number of nitriles is 1. The fraction of sp³-hybridized carbons (Fsp3) is 0.235. The SMILES string of the molecule is CN(Cc1ccccc1)C(=O)C(Cc1ccc2ccccc2c1)NC(=O)C1CCCN1C(=Nc1ccccc1[N+](=O)[O-])NC#N. The van der Waals surface area contributed by atoms with E-state index in [0.717, 1.165) is 21.9 Å². The van der Waals surface area contributed by atoms with Crippen molar-refractivity contribution in [1.29, 1.82) is 5.26 Å². The summed E-state index contributed by atoms with van der Waals surface area (Å²) in [5, 5.41) is 28.6. The van der Waals surface area contributed by atoms with Gasteiger partial charge in [0.15, 0.2) is 6.19 Å². The van der Waals surface area contributed by atoms with Crippen molar-refractivity contribution in [3.63, 3.8) is 0 Å². The van der Waals surface area contributed by atoms with Crippen LogP contribution in [0.25, 0.3) is 10.8 Å². The number of para-hydroxylation sites is 2. The molecule has 1 aliphatic rings. The highest BCUT2D eigenvalue weighted by atomic mass is 16.6. The van der Waals surface area contributed by atoms with Crippen LogP contribution in [0.15, 0.2) is 102 Å². The zero-order valence-corrected chi connectivity index (χ0v) is 24.8. The van der Waals surface area contributed by atoms with E-state index in [1.54, 1.807) is 22.9 Å². The Kier molecular flexibility index (Phi) is 9.64. The van der Waals surface area contributed by atoms with Gasteiger partial charge < -0.3 is 15.1 Å². The molecule has 0 spiro atoms. The zero-order chi connectivity index (χ0) is 31.8. The average molecular weight is 604 g/mol. The lowest BCUT2D eigenvalue weighted by Gasteiger charge is -2.29. The number of carbonyl (C=O) groups excluding carboxylic acids is 2. The first-order chi connectivity index (χ1) is 21.8. The van der Waals surface area contributed by atoms with E-state index in [4.69, 9.17) is 0 Å². The van der Waals surface area contributed by atoms with Gasteiger partial charge in [-0.3, -0.25) is 25.0 Å². The minimum absolute atomic E-state index is 0.0306. The number of likely N-dealkylation sites (N-methyl/N-ethyl adjacent to an activating group) is 1. The zero-order valence-electron chi connectivity index (χ0n) is 24.8. The number of aliphatic imine (C=N–C) groups is 1. The van der Waals surface area contributed by atoms with Crippen LogP contribution in [0.1, 0.15) is 24.0 Å². The van der Waals surface area contributed by atoms with Crippen molar-refractivity contribution in [3.8, 4) is 6.19 Å². The van der Waals surface area contributed by atoms with Crippen LogP contribution in [0.4, 0.5) is 11.4 Å². The molecular formula is C34H33N7O4. The van der Waals surface area contributed by atoms with Crippen LogP contribution in [-0.2, 0) is 22.6 Å². The summed E-state index contributed by atoms with van der Waals surface area (Å²) in [5.74, 6) is -0.605. The van der Waals surface area contributed by atoms with Crippen LogP contribution in [0.5, 0.6) is 0 Å². The number of carbonyl (C=O) groups is 2. The lowest BCUT2D eigenvalue weighted by atomic mass is 10.00.